The molecule has 0 aromatic heterocycles. The van der Waals surface area contributed by atoms with Gasteiger partial charge in [0.1, 0.15) is 6.10 Å². The fourth-order valence-electron chi connectivity index (χ4n) is 3.84. The Bertz CT molecular complexity index is 1270. The van der Waals surface area contributed by atoms with Crippen molar-refractivity contribution >= 4 is 24.0 Å². The highest BCUT2D eigenvalue weighted by Crippen LogP contribution is 2.33. The average molecular weight is 530 g/mol. The van der Waals surface area contributed by atoms with Crippen molar-refractivity contribution in [1.29, 1.82) is 0 Å². The first-order valence-corrected chi connectivity index (χ1v) is 11.3. The summed E-state index contributed by atoms with van der Waals surface area (Å²) >= 11 is 0. The Morgan fingerprint density at radius 3 is 2.13 bits per heavy atom. The van der Waals surface area contributed by atoms with Gasteiger partial charge in [-0.3, -0.25) is 0 Å². The standard InChI is InChI=1S/C26H26O12/c27-16-7-4-14(10-18(16)29)2-1-3-22(32)38-24-20(31)12-26(36,25(34)35)13-21(24)37-23(33)9-6-15-5-8-17(28)19(30)11-15/h1,3-11,20-21,24,27-31,36H,2,12-13H2,(H,34,35)/b3-1+,9-6+/t20-,21+,24+,26+/m0/s1. The molecular weight excluding hydrogens is 504 g/mol. The molecule has 202 valence electrons. The minimum atomic E-state index is -2.45. The van der Waals surface area contributed by atoms with Gasteiger partial charge in [-0.15, -0.1) is 0 Å². The lowest BCUT2D eigenvalue weighted by Crippen LogP contribution is -2.58. The highest BCUT2D eigenvalue weighted by Gasteiger charge is 2.52. The summed E-state index contributed by atoms with van der Waals surface area (Å²) in [4.78, 5) is 36.4. The molecule has 0 aliphatic heterocycles. The molecule has 2 aromatic rings. The summed E-state index contributed by atoms with van der Waals surface area (Å²) in [5.74, 6) is -5.06. The lowest BCUT2D eigenvalue weighted by atomic mass is 9.79. The van der Waals surface area contributed by atoms with E-state index in [1.54, 1.807) is 0 Å². The van der Waals surface area contributed by atoms with Crippen molar-refractivity contribution in [2.24, 2.45) is 0 Å². The van der Waals surface area contributed by atoms with Crippen LogP contribution in [0.15, 0.2) is 54.6 Å². The van der Waals surface area contributed by atoms with E-state index < -0.39 is 60.4 Å². The van der Waals surface area contributed by atoms with Gasteiger partial charge in [-0.05, 0) is 47.9 Å². The molecule has 3 rings (SSSR count). The number of carboxylic acids is 1. The van der Waals surface area contributed by atoms with Crippen molar-refractivity contribution < 1.29 is 59.6 Å². The van der Waals surface area contributed by atoms with Crippen molar-refractivity contribution in [2.75, 3.05) is 0 Å². The highest BCUT2D eigenvalue weighted by atomic mass is 16.6. The molecule has 0 unspecified atom stereocenters. The zero-order valence-corrected chi connectivity index (χ0v) is 19.8. The van der Waals surface area contributed by atoms with E-state index in [0.29, 0.717) is 11.1 Å². The molecule has 0 spiro atoms. The van der Waals surface area contributed by atoms with Crippen molar-refractivity contribution in [3.05, 3.63) is 65.8 Å². The Morgan fingerprint density at radius 2 is 1.50 bits per heavy atom. The maximum absolute atomic E-state index is 12.4. The Hall–Kier alpha value is -4.55. The zero-order valence-electron chi connectivity index (χ0n) is 19.8. The second kappa shape index (κ2) is 11.7. The molecule has 1 fully saturated rings. The van der Waals surface area contributed by atoms with Gasteiger partial charge in [0.05, 0.1) is 6.10 Å². The van der Waals surface area contributed by atoms with Crippen LogP contribution in [0.25, 0.3) is 6.08 Å². The van der Waals surface area contributed by atoms with E-state index in [-0.39, 0.29) is 23.7 Å². The first-order chi connectivity index (χ1) is 17.9. The van der Waals surface area contributed by atoms with E-state index >= 15 is 0 Å². The Labute approximate surface area is 215 Å². The van der Waals surface area contributed by atoms with Crippen LogP contribution in [0.4, 0.5) is 0 Å². The Morgan fingerprint density at radius 1 is 0.868 bits per heavy atom. The number of aliphatic carboxylic acids is 1. The van der Waals surface area contributed by atoms with Gasteiger partial charge in [0.2, 0.25) is 0 Å². The normalized spacial score (nSPS) is 23.4. The van der Waals surface area contributed by atoms with Crippen LogP contribution in [0.5, 0.6) is 23.0 Å². The molecule has 1 aliphatic carbocycles. The van der Waals surface area contributed by atoms with Gasteiger partial charge >= 0.3 is 17.9 Å². The Balaban J connectivity index is 1.70. The van der Waals surface area contributed by atoms with Crippen LogP contribution in [-0.4, -0.2) is 77.6 Å². The second-order valence-corrected chi connectivity index (χ2v) is 8.70. The number of hydrogen-bond donors (Lipinski definition) is 7. The van der Waals surface area contributed by atoms with E-state index in [9.17, 15) is 50.1 Å². The molecule has 12 heteroatoms. The number of carboxylic acid groups (broad SMARTS) is 1. The summed E-state index contributed by atoms with van der Waals surface area (Å²) in [6, 6.07) is 7.84. The number of rotatable bonds is 8. The monoisotopic (exact) mass is 530 g/mol. The number of carbonyl (C=O) groups excluding carboxylic acids is 2. The van der Waals surface area contributed by atoms with Crippen LogP contribution in [0, 0.1) is 0 Å². The van der Waals surface area contributed by atoms with Gasteiger partial charge in [-0.25, -0.2) is 14.4 Å². The van der Waals surface area contributed by atoms with Crippen molar-refractivity contribution in [3.63, 3.8) is 0 Å². The fourth-order valence-corrected chi connectivity index (χ4v) is 3.84. The lowest BCUT2D eigenvalue weighted by Gasteiger charge is -2.40. The van der Waals surface area contributed by atoms with E-state index in [2.05, 4.69) is 0 Å². The third-order valence-electron chi connectivity index (χ3n) is 5.81. The fraction of sp³-hybridized carbons (Fsp3) is 0.269. The second-order valence-electron chi connectivity index (χ2n) is 8.70. The summed E-state index contributed by atoms with van der Waals surface area (Å²) in [5.41, 5.74) is -1.57. The molecule has 0 bridgehead atoms. The van der Waals surface area contributed by atoms with Crippen molar-refractivity contribution in [2.45, 2.75) is 43.2 Å². The van der Waals surface area contributed by atoms with Gasteiger partial charge in [-0.1, -0.05) is 18.2 Å². The van der Waals surface area contributed by atoms with Crippen LogP contribution in [0.1, 0.15) is 24.0 Å². The van der Waals surface area contributed by atoms with Crippen molar-refractivity contribution in [1.82, 2.24) is 0 Å². The molecule has 2 aromatic carbocycles. The number of allylic oxidation sites excluding steroid dienone is 1. The summed E-state index contributed by atoms with van der Waals surface area (Å²) in [6.45, 7) is 0. The van der Waals surface area contributed by atoms with E-state index in [0.717, 1.165) is 12.2 Å². The van der Waals surface area contributed by atoms with Crippen LogP contribution in [0.2, 0.25) is 0 Å². The number of esters is 2. The first kappa shape index (κ1) is 28.0. The third-order valence-corrected chi connectivity index (χ3v) is 5.81. The Kier molecular flexibility index (Phi) is 8.61. The van der Waals surface area contributed by atoms with Gasteiger partial charge in [0.15, 0.2) is 34.7 Å². The van der Waals surface area contributed by atoms with Gasteiger partial charge in [0, 0.05) is 25.0 Å². The number of ether oxygens (including phenoxy) is 2. The molecule has 7 N–H and O–H groups in total. The number of aliphatic hydroxyl groups excluding tert-OH is 1. The molecule has 0 saturated heterocycles. The minimum Gasteiger partial charge on any atom is -0.504 e. The predicted molar refractivity (Wildman–Crippen MR) is 129 cm³/mol. The summed E-state index contributed by atoms with van der Waals surface area (Å²) in [7, 11) is 0. The number of aromatic hydroxyl groups is 4. The summed E-state index contributed by atoms with van der Waals surface area (Å²) in [6.07, 6.45) is -1.35. The number of aliphatic hydroxyl groups is 2. The predicted octanol–water partition coefficient (Wildman–Crippen LogP) is 1.12. The molecule has 4 atom stereocenters. The van der Waals surface area contributed by atoms with Crippen LogP contribution >= 0.6 is 0 Å². The van der Waals surface area contributed by atoms with E-state index in [1.165, 1.54) is 48.6 Å². The molecule has 0 radical (unpaired) electrons. The molecule has 0 amide bonds. The van der Waals surface area contributed by atoms with Gasteiger partial charge in [0.25, 0.3) is 0 Å². The molecule has 0 heterocycles. The molecule has 1 saturated carbocycles. The number of carbonyl (C=O) groups is 3. The quantitative estimate of drug-likeness (QED) is 0.145. The minimum absolute atomic E-state index is 0.172. The lowest BCUT2D eigenvalue weighted by molar-refractivity contribution is -0.204. The number of phenolic OH excluding ortho intramolecular Hbond substituents is 4. The van der Waals surface area contributed by atoms with Crippen LogP contribution < -0.4 is 0 Å². The average Bonchev–Trinajstić information content (AvgIpc) is 2.84. The molecular formula is C26H26O12. The number of hydrogen-bond acceptors (Lipinski definition) is 11. The van der Waals surface area contributed by atoms with Gasteiger partial charge < -0.3 is 45.2 Å². The summed E-state index contributed by atoms with van der Waals surface area (Å²) < 4.78 is 10.5. The summed E-state index contributed by atoms with van der Waals surface area (Å²) in [5, 5.41) is 68.1. The highest BCUT2D eigenvalue weighted by molar-refractivity contribution is 5.87. The van der Waals surface area contributed by atoms with E-state index in [4.69, 9.17) is 9.47 Å². The van der Waals surface area contributed by atoms with E-state index in [1.807, 2.05) is 0 Å². The maximum atomic E-state index is 12.4. The third kappa shape index (κ3) is 7.02. The molecule has 1 aliphatic rings. The smallest absolute Gasteiger partial charge is 0.335 e. The number of benzene rings is 2. The number of phenols is 4. The molecule has 38 heavy (non-hydrogen) atoms. The topological polar surface area (TPSA) is 211 Å². The first-order valence-electron chi connectivity index (χ1n) is 11.3. The van der Waals surface area contributed by atoms with Crippen LogP contribution in [0.3, 0.4) is 0 Å². The zero-order chi connectivity index (χ0) is 28.0. The van der Waals surface area contributed by atoms with Gasteiger partial charge in [-0.2, -0.15) is 0 Å². The molecule has 12 nitrogen and oxygen atoms in total. The SMILES string of the molecule is O=C(/C=C/Cc1ccc(O)c(O)c1)O[C@@H]1[C@@H](O)C[C@](O)(C(=O)O)C[C@H]1OC(=O)/C=C/c1ccc(O)c(O)c1. The van der Waals surface area contributed by atoms with Crippen molar-refractivity contribution in [3.8, 4) is 23.0 Å². The largest absolute Gasteiger partial charge is 0.504 e. The van der Waals surface area contributed by atoms with Crippen LogP contribution in [-0.2, 0) is 30.3 Å². The maximum Gasteiger partial charge on any atom is 0.335 e.